The van der Waals surface area contributed by atoms with Crippen molar-refractivity contribution in [1.29, 1.82) is 5.26 Å². The van der Waals surface area contributed by atoms with Gasteiger partial charge in [0.1, 0.15) is 5.75 Å². The normalized spacial score (nSPS) is 11.5. The summed E-state index contributed by atoms with van der Waals surface area (Å²) >= 11 is 6.12. The van der Waals surface area contributed by atoms with Gasteiger partial charge in [0.15, 0.2) is 11.3 Å². The van der Waals surface area contributed by atoms with E-state index in [-0.39, 0.29) is 11.0 Å². The molecule has 9 heteroatoms. The van der Waals surface area contributed by atoms with Crippen molar-refractivity contribution in [2.45, 2.75) is 32.4 Å². The molecule has 1 heterocycles. The predicted molar refractivity (Wildman–Crippen MR) is 108 cm³/mol. The molecule has 0 aliphatic rings. The lowest BCUT2D eigenvalue weighted by molar-refractivity contribution is -0.141. The van der Waals surface area contributed by atoms with Crippen molar-refractivity contribution in [2.75, 3.05) is 18.5 Å². The van der Waals surface area contributed by atoms with Crippen LogP contribution in [0.5, 0.6) is 5.75 Å². The topological polar surface area (TPSA) is 71.1 Å². The van der Waals surface area contributed by atoms with Gasteiger partial charge in [0.05, 0.1) is 34.3 Å². The second-order valence-electron chi connectivity index (χ2n) is 6.63. The molecule has 3 aromatic rings. The van der Waals surface area contributed by atoms with Crippen LogP contribution in [0.2, 0.25) is 5.02 Å². The lowest BCUT2D eigenvalue weighted by atomic mass is 10.0. The molecule has 0 radical (unpaired) electrons. The third-order valence-corrected chi connectivity index (χ3v) is 4.77. The number of nitrogens with zero attached hydrogens (tertiary/aromatic N) is 2. The van der Waals surface area contributed by atoms with Gasteiger partial charge in [0.2, 0.25) is 0 Å². The van der Waals surface area contributed by atoms with E-state index >= 15 is 0 Å². The third kappa shape index (κ3) is 4.79. The molecule has 5 nitrogen and oxygen atoms in total. The van der Waals surface area contributed by atoms with Crippen LogP contribution in [0.15, 0.2) is 34.9 Å². The van der Waals surface area contributed by atoms with E-state index in [1.165, 1.54) is 12.1 Å². The van der Waals surface area contributed by atoms with Crippen LogP contribution in [0, 0.1) is 11.3 Å². The molecule has 3 rings (SSSR count). The number of ether oxygens (including phenoxy) is 1. The van der Waals surface area contributed by atoms with Crippen LogP contribution in [0.1, 0.15) is 36.6 Å². The fraction of sp³-hybridized carbons (Fsp3) is 0.333. The minimum absolute atomic E-state index is 0.0598. The van der Waals surface area contributed by atoms with Gasteiger partial charge in [-0.3, -0.25) is 0 Å². The Balaban J connectivity index is 1.64. The van der Waals surface area contributed by atoms with Crippen molar-refractivity contribution in [1.82, 2.24) is 5.16 Å². The van der Waals surface area contributed by atoms with E-state index in [1.54, 1.807) is 18.2 Å². The zero-order valence-corrected chi connectivity index (χ0v) is 16.9. The summed E-state index contributed by atoms with van der Waals surface area (Å²) in [5.41, 5.74) is 0.870. The van der Waals surface area contributed by atoms with E-state index in [1.807, 2.05) is 13.0 Å². The summed E-state index contributed by atoms with van der Waals surface area (Å²) in [6.45, 7) is 2.84. The van der Waals surface area contributed by atoms with Crippen molar-refractivity contribution >= 4 is 28.3 Å². The maximum Gasteiger partial charge on any atom is 0.437 e. The van der Waals surface area contributed by atoms with Crippen molar-refractivity contribution in [3.05, 3.63) is 52.2 Å². The van der Waals surface area contributed by atoms with Crippen molar-refractivity contribution < 1.29 is 22.4 Å². The molecule has 158 valence electrons. The number of benzene rings is 2. The van der Waals surface area contributed by atoms with Gasteiger partial charge in [-0.1, -0.05) is 30.1 Å². The van der Waals surface area contributed by atoms with Crippen LogP contribution in [0.25, 0.3) is 11.0 Å². The Kier molecular flexibility index (Phi) is 6.73. The molecule has 0 amide bonds. The van der Waals surface area contributed by atoms with Crippen LogP contribution in [0.4, 0.5) is 18.9 Å². The van der Waals surface area contributed by atoms with Gasteiger partial charge in [-0.05, 0) is 43.2 Å². The minimum Gasteiger partial charge on any atom is -0.493 e. The molecule has 0 spiro atoms. The summed E-state index contributed by atoms with van der Waals surface area (Å²) in [5, 5.41) is 15.6. The molecule has 0 unspecified atom stereocenters. The highest BCUT2D eigenvalue weighted by Gasteiger charge is 2.37. The van der Waals surface area contributed by atoms with E-state index < -0.39 is 11.9 Å². The number of hydrogen-bond acceptors (Lipinski definition) is 5. The van der Waals surface area contributed by atoms with Gasteiger partial charge in [-0.2, -0.15) is 18.4 Å². The highest BCUT2D eigenvalue weighted by atomic mass is 35.5. The Bertz CT molecular complexity index is 1070. The number of nitriles is 1. The van der Waals surface area contributed by atoms with Gasteiger partial charge in [0.25, 0.3) is 0 Å². The minimum atomic E-state index is -4.57. The largest absolute Gasteiger partial charge is 0.493 e. The molecule has 1 aromatic heterocycles. The monoisotopic (exact) mass is 437 g/mol. The average molecular weight is 438 g/mol. The van der Waals surface area contributed by atoms with Crippen LogP contribution in [-0.2, 0) is 12.6 Å². The lowest BCUT2D eigenvalue weighted by Crippen LogP contribution is -2.09. The van der Waals surface area contributed by atoms with Gasteiger partial charge in [0, 0.05) is 12.1 Å². The molecule has 1 N–H and O–H groups in total. The van der Waals surface area contributed by atoms with E-state index in [4.69, 9.17) is 26.1 Å². The molecule has 0 bridgehead atoms. The summed E-state index contributed by atoms with van der Waals surface area (Å²) in [5.74, 6) is 0.491. The average Bonchev–Trinajstić information content (AvgIpc) is 3.15. The number of aromatic nitrogens is 1. The number of hydrogen-bond donors (Lipinski definition) is 1. The van der Waals surface area contributed by atoms with E-state index in [2.05, 4.69) is 10.5 Å². The van der Waals surface area contributed by atoms with Gasteiger partial charge < -0.3 is 14.6 Å². The quantitative estimate of drug-likeness (QED) is 0.424. The maximum absolute atomic E-state index is 13.1. The SMILES string of the molecule is CCCc1c(OCCCNc2ccc(C#N)cc2Cl)ccc2c(C(F)(F)F)noc12. The maximum atomic E-state index is 13.1. The number of fused-ring (bicyclic) bond motifs is 1. The molecular weight excluding hydrogens is 419 g/mol. The highest BCUT2D eigenvalue weighted by molar-refractivity contribution is 6.33. The Morgan fingerprint density at radius 1 is 1.27 bits per heavy atom. The molecule has 0 aliphatic carbocycles. The number of anilines is 1. The van der Waals surface area contributed by atoms with Gasteiger partial charge in [-0.15, -0.1) is 0 Å². The van der Waals surface area contributed by atoms with Crippen molar-refractivity contribution in [2.24, 2.45) is 0 Å². The Hall–Kier alpha value is -2.92. The number of nitrogens with one attached hydrogen (secondary N) is 1. The Morgan fingerprint density at radius 3 is 2.73 bits per heavy atom. The molecule has 0 saturated carbocycles. The van der Waals surface area contributed by atoms with E-state index in [0.717, 1.165) is 6.42 Å². The first-order valence-electron chi connectivity index (χ1n) is 9.40. The predicted octanol–water partition coefficient (Wildman–Crippen LogP) is 6.21. The summed E-state index contributed by atoms with van der Waals surface area (Å²) in [7, 11) is 0. The number of alkyl halides is 3. The lowest BCUT2D eigenvalue weighted by Gasteiger charge is -2.12. The first-order chi connectivity index (χ1) is 14.3. The standard InChI is InChI=1S/C21H19ClF3N3O2/c1-2-4-14-18(8-6-15-19(14)30-28-20(15)21(23,24)25)29-10-3-9-27-17-7-5-13(12-26)11-16(17)22/h5-8,11,27H,2-4,9-10H2,1H3. The Morgan fingerprint density at radius 2 is 2.07 bits per heavy atom. The summed E-state index contributed by atoms with van der Waals surface area (Å²) in [6.07, 6.45) is -2.71. The molecule has 0 aliphatic heterocycles. The number of halogens is 4. The fourth-order valence-electron chi connectivity index (χ4n) is 3.07. The van der Waals surface area contributed by atoms with Crippen LogP contribution in [-0.4, -0.2) is 18.3 Å². The third-order valence-electron chi connectivity index (χ3n) is 4.46. The second-order valence-corrected chi connectivity index (χ2v) is 7.04. The Labute approximate surface area is 176 Å². The van der Waals surface area contributed by atoms with Crippen molar-refractivity contribution in [3.63, 3.8) is 0 Å². The fourth-order valence-corrected chi connectivity index (χ4v) is 3.32. The highest BCUT2D eigenvalue weighted by Crippen LogP contribution is 2.38. The summed E-state index contributed by atoms with van der Waals surface area (Å²) in [4.78, 5) is 0. The smallest absolute Gasteiger partial charge is 0.437 e. The molecule has 0 saturated heterocycles. The number of aryl methyl sites for hydroxylation is 1. The van der Waals surface area contributed by atoms with E-state index in [0.29, 0.717) is 53.6 Å². The zero-order chi connectivity index (χ0) is 21.7. The molecule has 0 fully saturated rings. The summed E-state index contributed by atoms with van der Waals surface area (Å²) in [6, 6.07) is 9.87. The van der Waals surface area contributed by atoms with Gasteiger partial charge in [-0.25, -0.2) is 0 Å². The van der Waals surface area contributed by atoms with Crippen LogP contribution in [0.3, 0.4) is 0 Å². The first kappa shape index (κ1) is 21.8. The molecule has 0 atom stereocenters. The van der Waals surface area contributed by atoms with Crippen LogP contribution >= 0.6 is 11.6 Å². The zero-order valence-electron chi connectivity index (χ0n) is 16.1. The second kappa shape index (κ2) is 9.26. The first-order valence-corrected chi connectivity index (χ1v) is 9.77. The van der Waals surface area contributed by atoms with E-state index in [9.17, 15) is 13.2 Å². The van der Waals surface area contributed by atoms with Gasteiger partial charge >= 0.3 is 6.18 Å². The molecule has 30 heavy (non-hydrogen) atoms. The molecular formula is C21H19ClF3N3O2. The number of rotatable bonds is 8. The van der Waals surface area contributed by atoms with Crippen molar-refractivity contribution in [3.8, 4) is 11.8 Å². The summed E-state index contributed by atoms with van der Waals surface area (Å²) < 4.78 is 50.1. The van der Waals surface area contributed by atoms with Crippen LogP contribution < -0.4 is 10.1 Å². The molecule has 2 aromatic carbocycles.